The molecule has 3 aromatic rings. The Hall–Kier alpha value is -2.05. The molecule has 0 N–H and O–H groups in total. The van der Waals surface area contributed by atoms with Crippen molar-refractivity contribution in [1.82, 2.24) is 0 Å². The Kier molecular flexibility index (Phi) is 9.54. The van der Waals surface area contributed by atoms with Gasteiger partial charge in [0.1, 0.15) is 0 Å². The zero-order valence-electron chi connectivity index (χ0n) is 27.0. The summed E-state index contributed by atoms with van der Waals surface area (Å²) in [5, 5.41) is 0.878. The number of hydrogen-bond acceptors (Lipinski definition) is 0. The first-order valence-electron chi connectivity index (χ1n) is 15.1. The molecule has 0 aliphatic carbocycles. The minimum absolute atomic E-state index is 0.0166. The van der Waals surface area contributed by atoms with E-state index in [0.717, 1.165) is 37.1 Å². The number of hydrogen-bond donors (Lipinski definition) is 0. The number of halogens is 1. The third kappa shape index (κ3) is 6.48. The molecule has 0 saturated carbocycles. The van der Waals surface area contributed by atoms with Gasteiger partial charge in [0, 0.05) is 5.02 Å². The van der Waals surface area contributed by atoms with Crippen LogP contribution in [0, 0.1) is 13.8 Å². The van der Waals surface area contributed by atoms with Crippen LogP contribution in [0.4, 0.5) is 0 Å². The maximum Gasteiger partial charge on any atom is 0.0446 e. The summed E-state index contributed by atoms with van der Waals surface area (Å²) in [6.07, 6.45) is 5.23. The van der Waals surface area contributed by atoms with Gasteiger partial charge in [-0.2, -0.15) is 0 Å². The van der Waals surface area contributed by atoms with Crippen LogP contribution in [0.2, 0.25) is 5.02 Å². The lowest BCUT2D eigenvalue weighted by Gasteiger charge is -2.35. The molecule has 0 unspecified atom stereocenters. The van der Waals surface area contributed by atoms with Gasteiger partial charge in [-0.15, -0.1) is 0 Å². The van der Waals surface area contributed by atoms with E-state index in [2.05, 4.69) is 119 Å². The smallest absolute Gasteiger partial charge is 0.0446 e. The van der Waals surface area contributed by atoms with E-state index in [-0.39, 0.29) is 16.2 Å². The number of benzene rings is 3. The van der Waals surface area contributed by atoms with E-state index in [1.165, 1.54) is 44.5 Å². The summed E-state index contributed by atoms with van der Waals surface area (Å²) in [5.41, 5.74) is 14.7. The number of rotatable bonds is 9. The standard InChI is InChI=1S/C38H53Cl/c1-13-27-21-22-29(31(15-3)35(27)36(6,7)8)23-37(9,10)33-26(5)19-20-28(30(33)14-2)24-38(11,12)34-25(4)17-16-18-32(34)39/h16-22H,13-15,23-24H2,1-12H3. The van der Waals surface area contributed by atoms with Crippen LogP contribution in [-0.4, -0.2) is 0 Å². The zero-order chi connectivity index (χ0) is 29.3. The Morgan fingerprint density at radius 2 is 1.00 bits per heavy atom. The molecule has 0 nitrogen and oxygen atoms in total. The molecule has 0 spiro atoms. The Bertz CT molecular complexity index is 1290. The molecule has 0 saturated heterocycles. The Balaban J connectivity index is 2.13. The molecule has 212 valence electrons. The van der Waals surface area contributed by atoms with Crippen molar-refractivity contribution in [3.8, 4) is 0 Å². The Morgan fingerprint density at radius 3 is 1.49 bits per heavy atom. The third-order valence-corrected chi connectivity index (χ3v) is 9.11. The van der Waals surface area contributed by atoms with Crippen molar-refractivity contribution in [2.45, 2.75) is 131 Å². The van der Waals surface area contributed by atoms with Gasteiger partial charge in [-0.1, -0.05) is 117 Å². The molecule has 0 aromatic heterocycles. The fraction of sp³-hybridized carbons (Fsp3) is 0.526. The van der Waals surface area contributed by atoms with Crippen molar-refractivity contribution in [2.75, 3.05) is 0 Å². The van der Waals surface area contributed by atoms with Gasteiger partial charge in [-0.3, -0.25) is 0 Å². The summed E-state index contributed by atoms with van der Waals surface area (Å²) in [7, 11) is 0. The SMILES string of the molecule is CCc1ccc(CC(C)(C)c2c(C)ccc(CC(C)(C)c3c(C)cccc3Cl)c2CC)c(CC)c1C(C)(C)C. The second-order valence-electron chi connectivity index (χ2n) is 14.0. The highest BCUT2D eigenvalue weighted by Gasteiger charge is 2.32. The van der Waals surface area contributed by atoms with Crippen LogP contribution < -0.4 is 0 Å². The Morgan fingerprint density at radius 1 is 0.538 bits per heavy atom. The number of aryl methyl sites for hydroxylation is 3. The molecule has 0 radical (unpaired) electrons. The summed E-state index contributed by atoms with van der Waals surface area (Å²) < 4.78 is 0. The van der Waals surface area contributed by atoms with Crippen molar-refractivity contribution in [1.29, 1.82) is 0 Å². The molecule has 3 rings (SSSR count). The largest absolute Gasteiger partial charge is 0.0840 e. The summed E-state index contributed by atoms with van der Waals surface area (Å²) in [6.45, 7) is 28.2. The van der Waals surface area contributed by atoms with E-state index in [4.69, 9.17) is 11.6 Å². The van der Waals surface area contributed by atoms with Crippen LogP contribution in [0.15, 0.2) is 42.5 Å². The molecule has 0 heterocycles. The highest BCUT2D eigenvalue weighted by atomic mass is 35.5. The molecule has 0 fully saturated rings. The maximum absolute atomic E-state index is 6.77. The van der Waals surface area contributed by atoms with Crippen LogP contribution >= 0.6 is 11.6 Å². The summed E-state index contributed by atoms with van der Waals surface area (Å²) in [4.78, 5) is 0. The maximum atomic E-state index is 6.77. The van der Waals surface area contributed by atoms with E-state index in [0.29, 0.717) is 0 Å². The zero-order valence-corrected chi connectivity index (χ0v) is 27.7. The average Bonchev–Trinajstić information content (AvgIpc) is 2.83. The van der Waals surface area contributed by atoms with Gasteiger partial charge in [0.25, 0.3) is 0 Å². The second-order valence-corrected chi connectivity index (χ2v) is 14.4. The fourth-order valence-electron chi connectivity index (χ4n) is 7.48. The molecule has 1 heteroatoms. The van der Waals surface area contributed by atoms with Crippen molar-refractivity contribution in [3.63, 3.8) is 0 Å². The second kappa shape index (κ2) is 11.8. The van der Waals surface area contributed by atoms with Gasteiger partial charge < -0.3 is 0 Å². The summed E-state index contributed by atoms with van der Waals surface area (Å²) in [5.74, 6) is 0. The lowest BCUT2D eigenvalue weighted by molar-refractivity contribution is 0.497. The van der Waals surface area contributed by atoms with Crippen molar-refractivity contribution in [3.05, 3.63) is 103 Å². The Labute approximate surface area is 245 Å². The lowest BCUT2D eigenvalue weighted by atomic mass is 9.69. The van der Waals surface area contributed by atoms with Gasteiger partial charge in [0.2, 0.25) is 0 Å². The predicted octanol–water partition coefficient (Wildman–Crippen LogP) is 11.0. The first-order chi connectivity index (χ1) is 18.1. The highest BCUT2D eigenvalue weighted by Crippen LogP contribution is 2.41. The van der Waals surface area contributed by atoms with E-state index in [1.807, 2.05) is 6.07 Å². The quantitative estimate of drug-likeness (QED) is 0.251. The highest BCUT2D eigenvalue weighted by molar-refractivity contribution is 6.31. The van der Waals surface area contributed by atoms with E-state index in [1.54, 1.807) is 11.1 Å². The van der Waals surface area contributed by atoms with Crippen LogP contribution in [0.5, 0.6) is 0 Å². The van der Waals surface area contributed by atoms with Crippen molar-refractivity contribution in [2.24, 2.45) is 0 Å². The van der Waals surface area contributed by atoms with E-state index < -0.39 is 0 Å². The van der Waals surface area contributed by atoms with Gasteiger partial charge in [0.05, 0.1) is 0 Å². The molecule has 3 aromatic carbocycles. The van der Waals surface area contributed by atoms with Crippen molar-refractivity contribution >= 4 is 11.6 Å². The minimum atomic E-state index is -0.0595. The van der Waals surface area contributed by atoms with E-state index >= 15 is 0 Å². The minimum Gasteiger partial charge on any atom is -0.0840 e. The summed E-state index contributed by atoms with van der Waals surface area (Å²) >= 11 is 6.77. The van der Waals surface area contributed by atoms with Gasteiger partial charge >= 0.3 is 0 Å². The molecule has 0 bridgehead atoms. The van der Waals surface area contributed by atoms with Gasteiger partial charge in [-0.25, -0.2) is 0 Å². The fourth-order valence-corrected chi connectivity index (χ4v) is 7.95. The van der Waals surface area contributed by atoms with Crippen LogP contribution in [0.1, 0.15) is 125 Å². The van der Waals surface area contributed by atoms with E-state index in [9.17, 15) is 0 Å². The summed E-state index contributed by atoms with van der Waals surface area (Å²) in [6, 6.07) is 15.9. The molecular weight excluding hydrogens is 492 g/mol. The molecule has 0 aliphatic rings. The molecule has 0 aliphatic heterocycles. The van der Waals surface area contributed by atoms with Gasteiger partial charge in [-0.05, 0) is 124 Å². The molecule has 0 atom stereocenters. The van der Waals surface area contributed by atoms with Crippen LogP contribution in [0.3, 0.4) is 0 Å². The van der Waals surface area contributed by atoms with Crippen LogP contribution in [-0.2, 0) is 48.3 Å². The molecular formula is C38H53Cl. The normalized spacial score (nSPS) is 12.7. The average molecular weight is 545 g/mol. The first-order valence-corrected chi connectivity index (χ1v) is 15.5. The monoisotopic (exact) mass is 544 g/mol. The lowest BCUT2D eigenvalue weighted by Crippen LogP contribution is -2.28. The molecule has 39 heavy (non-hydrogen) atoms. The third-order valence-electron chi connectivity index (χ3n) is 8.79. The van der Waals surface area contributed by atoms with Gasteiger partial charge in [0.15, 0.2) is 0 Å². The van der Waals surface area contributed by atoms with Crippen molar-refractivity contribution < 1.29 is 0 Å². The topological polar surface area (TPSA) is 0 Å². The predicted molar refractivity (Wildman–Crippen MR) is 174 cm³/mol. The van der Waals surface area contributed by atoms with Crippen LogP contribution in [0.25, 0.3) is 0 Å². The first kappa shape index (κ1) is 31.5. The molecule has 0 amide bonds.